The first-order valence-corrected chi connectivity index (χ1v) is 12.7. The number of nitrogens with zero attached hydrogens (tertiary/aromatic N) is 4. The molecular weight excluding hydrogens is 470 g/mol. The molecule has 3 aromatic heterocycles. The number of hydrogen-bond acceptors (Lipinski definition) is 7. The lowest BCUT2D eigenvalue weighted by atomic mass is 10.2. The van der Waals surface area contributed by atoms with Gasteiger partial charge >= 0.3 is 0 Å². The van der Waals surface area contributed by atoms with Crippen molar-refractivity contribution in [3.05, 3.63) is 83.3 Å². The highest BCUT2D eigenvalue weighted by Crippen LogP contribution is 2.36. The summed E-state index contributed by atoms with van der Waals surface area (Å²) in [5, 5.41) is 14.8. The van der Waals surface area contributed by atoms with E-state index in [2.05, 4.69) is 15.5 Å². The minimum absolute atomic E-state index is 0.0650. The molecule has 5 rings (SSSR count). The lowest BCUT2D eigenvalue weighted by Crippen LogP contribution is -2.14. The average molecular weight is 490 g/mol. The molecule has 1 amide bonds. The summed E-state index contributed by atoms with van der Waals surface area (Å²) in [6, 6.07) is 21.9. The number of thiazole rings is 1. The molecule has 0 radical (unpaired) electrons. The van der Waals surface area contributed by atoms with Crippen molar-refractivity contribution in [2.24, 2.45) is 7.05 Å². The number of nitrogens with one attached hydrogen (secondary N) is 1. The first kappa shape index (κ1) is 21.6. The van der Waals surface area contributed by atoms with Crippen LogP contribution >= 0.6 is 34.4 Å². The molecule has 0 saturated carbocycles. The van der Waals surface area contributed by atoms with Gasteiger partial charge in [0.1, 0.15) is 11.3 Å². The largest absolute Gasteiger partial charge is 0.326 e. The van der Waals surface area contributed by atoms with Gasteiger partial charge in [0.15, 0.2) is 5.16 Å². The Morgan fingerprint density at radius 1 is 1.06 bits per heavy atom. The van der Waals surface area contributed by atoms with Gasteiger partial charge in [-0.25, -0.2) is 4.98 Å². The first-order chi connectivity index (χ1) is 16.2. The minimum Gasteiger partial charge on any atom is -0.326 e. The zero-order valence-corrected chi connectivity index (χ0v) is 20.1. The molecule has 0 aliphatic heterocycles. The summed E-state index contributed by atoms with van der Waals surface area (Å²) in [6.07, 6.45) is 1.94. The fraction of sp³-hybridized carbons (Fsp3) is 0.0833. The van der Waals surface area contributed by atoms with Gasteiger partial charge in [-0.3, -0.25) is 4.79 Å². The lowest BCUT2D eigenvalue weighted by Gasteiger charge is -2.06. The van der Waals surface area contributed by atoms with Crippen LogP contribution in [0.2, 0.25) is 0 Å². The molecule has 1 N–H and O–H groups in total. The number of carbonyl (C=O) groups is 1. The first-order valence-electron chi connectivity index (χ1n) is 10.2. The van der Waals surface area contributed by atoms with E-state index in [4.69, 9.17) is 4.98 Å². The van der Waals surface area contributed by atoms with Crippen LogP contribution in [0, 0.1) is 0 Å². The quantitative estimate of drug-likeness (QED) is 0.304. The Kier molecular flexibility index (Phi) is 6.34. The van der Waals surface area contributed by atoms with Gasteiger partial charge in [-0.05, 0) is 47.5 Å². The molecule has 0 spiro atoms. The van der Waals surface area contributed by atoms with Crippen molar-refractivity contribution in [3.8, 4) is 21.1 Å². The second kappa shape index (κ2) is 9.70. The molecule has 0 saturated heterocycles. The monoisotopic (exact) mass is 489 g/mol. The third-order valence-corrected chi connectivity index (χ3v) is 7.85. The van der Waals surface area contributed by atoms with E-state index in [0.717, 1.165) is 41.8 Å². The summed E-state index contributed by atoms with van der Waals surface area (Å²) in [7, 11) is 1.91. The minimum atomic E-state index is -0.0650. The fourth-order valence-electron chi connectivity index (χ4n) is 3.21. The van der Waals surface area contributed by atoms with Gasteiger partial charge in [-0.15, -0.1) is 32.9 Å². The molecule has 6 nitrogen and oxygen atoms in total. The topological polar surface area (TPSA) is 72.7 Å². The van der Waals surface area contributed by atoms with Gasteiger partial charge < -0.3 is 9.88 Å². The molecule has 0 atom stereocenters. The molecule has 3 heterocycles. The number of carbonyl (C=O) groups excluding carboxylic acids is 1. The van der Waals surface area contributed by atoms with Crippen molar-refractivity contribution in [2.45, 2.75) is 16.5 Å². The Hall–Kier alpha value is -3.27. The van der Waals surface area contributed by atoms with Crippen molar-refractivity contribution < 1.29 is 4.79 Å². The van der Waals surface area contributed by atoms with Crippen LogP contribution in [0.3, 0.4) is 0 Å². The molecule has 0 bridgehead atoms. The van der Waals surface area contributed by atoms with Crippen molar-refractivity contribution in [1.82, 2.24) is 19.7 Å². The molecule has 0 fully saturated rings. The maximum atomic E-state index is 12.9. The van der Waals surface area contributed by atoms with Gasteiger partial charge in [0.25, 0.3) is 0 Å². The molecule has 164 valence electrons. The maximum absolute atomic E-state index is 12.9. The number of amides is 1. The number of aromatic nitrogens is 4. The van der Waals surface area contributed by atoms with Gasteiger partial charge in [0.05, 0.1) is 17.0 Å². The number of benzene rings is 2. The second-order valence-corrected chi connectivity index (χ2v) is 10.3. The number of hydrogen-bond donors (Lipinski definition) is 1. The van der Waals surface area contributed by atoms with Gasteiger partial charge in [0, 0.05) is 28.1 Å². The Balaban J connectivity index is 1.31. The van der Waals surface area contributed by atoms with Crippen LogP contribution in [-0.2, 0) is 18.3 Å². The molecule has 5 aromatic rings. The third kappa shape index (κ3) is 5.05. The fourth-order valence-corrected chi connectivity index (χ4v) is 5.86. The summed E-state index contributed by atoms with van der Waals surface area (Å²) < 4.78 is 1.87. The smallest absolute Gasteiger partial charge is 0.229 e. The van der Waals surface area contributed by atoms with Crippen LogP contribution in [0.1, 0.15) is 4.88 Å². The zero-order valence-electron chi connectivity index (χ0n) is 17.6. The molecule has 9 heteroatoms. The Bertz CT molecular complexity index is 1360. The van der Waals surface area contributed by atoms with E-state index in [9.17, 15) is 4.79 Å². The summed E-state index contributed by atoms with van der Waals surface area (Å²) in [5.41, 5.74) is 2.70. The van der Waals surface area contributed by atoms with Crippen molar-refractivity contribution in [2.75, 3.05) is 5.32 Å². The van der Waals surface area contributed by atoms with Crippen molar-refractivity contribution in [3.63, 3.8) is 0 Å². The maximum Gasteiger partial charge on any atom is 0.229 e. The SMILES string of the molecule is Cn1cnnc1Sc1ccc(NC(=O)Cc2sc(-c3ccccc3)nc2-c2cccs2)cc1. The van der Waals surface area contributed by atoms with Crippen molar-refractivity contribution >= 4 is 46.0 Å². The van der Waals surface area contributed by atoms with E-state index >= 15 is 0 Å². The lowest BCUT2D eigenvalue weighted by molar-refractivity contribution is -0.115. The van der Waals surface area contributed by atoms with Crippen LogP contribution in [-0.4, -0.2) is 25.7 Å². The molecule has 0 aliphatic carbocycles. The van der Waals surface area contributed by atoms with E-state index in [-0.39, 0.29) is 12.3 Å². The number of aryl methyl sites for hydroxylation is 1. The number of anilines is 1. The van der Waals surface area contributed by atoms with Crippen LogP contribution in [0.25, 0.3) is 21.1 Å². The van der Waals surface area contributed by atoms with Crippen LogP contribution in [0.5, 0.6) is 0 Å². The second-order valence-electron chi connectivity index (χ2n) is 7.21. The third-order valence-electron chi connectivity index (χ3n) is 4.81. The molecular formula is C24H19N5OS3. The van der Waals surface area contributed by atoms with Gasteiger partial charge in [-0.1, -0.05) is 36.4 Å². The normalized spacial score (nSPS) is 10.9. The predicted octanol–water partition coefficient (Wildman–Crippen LogP) is 6.00. The van der Waals surface area contributed by atoms with Crippen LogP contribution in [0.15, 0.2) is 88.5 Å². The van der Waals surface area contributed by atoms with Gasteiger partial charge in [0.2, 0.25) is 5.91 Å². The van der Waals surface area contributed by atoms with Crippen LogP contribution < -0.4 is 5.32 Å². The standard InChI is InChI=1S/C24H19N5OS3/c1-29-15-25-28-24(29)32-18-11-9-17(10-12-18)26-21(30)14-20-22(19-8-5-13-31-19)27-23(33-20)16-6-3-2-4-7-16/h2-13,15H,14H2,1H3,(H,26,30). The van der Waals surface area contributed by atoms with E-state index in [1.54, 1.807) is 29.0 Å². The van der Waals surface area contributed by atoms with Gasteiger partial charge in [-0.2, -0.15) is 0 Å². The van der Waals surface area contributed by atoms with E-state index < -0.39 is 0 Å². The molecule has 0 unspecified atom stereocenters. The summed E-state index contributed by atoms with van der Waals surface area (Å²) >= 11 is 4.73. The Morgan fingerprint density at radius 3 is 2.58 bits per heavy atom. The predicted molar refractivity (Wildman–Crippen MR) is 135 cm³/mol. The molecule has 33 heavy (non-hydrogen) atoms. The number of thiophene rings is 1. The van der Waals surface area contributed by atoms with E-state index in [1.165, 1.54) is 11.8 Å². The summed E-state index contributed by atoms with van der Waals surface area (Å²) in [4.78, 5) is 20.8. The summed E-state index contributed by atoms with van der Waals surface area (Å²) in [6.45, 7) is 0. The van der Waals surface area contributed by atoms with E-state index in [1.807, 2.05) is 83.7 Å². The zero-order chi connectivity index (χ0) is 22.6. The highest BCUT2D eigenvalue weighted by atomic mass is 32.2. The Morgan fingerprint density at radius 2 is 1.88 bits per heavy atom. The highest BCUT2D eigenvalue weighted by Gasteiger charge is 2.18. The van der Waals surface area contributed by atoms with Crippen LogP contribution in [0.4, 0.5) is 5.69 Å². The van der Waals surface area contributed by atoms with Crippen molar-refractivity contribution in [1.29, 1.82) is 0 Å². The highest BCUT2D eigenvalue weighted by molar-refractivity contribution is 7.99. The summed E-state index contributed by atoms with van der Waals surface area (Å²) in [5.74, 6) is -0.0650. The Labute approximate surface area is 203 Å². The van der Waals surface area contributed by atoms with E-state index in [0.29, 0.717) is 0 Å². The molecule has 2 aromatic carbocycles. The molecule has 0 aliphatic rings. The number of rotatable bonds is 7. The average Bonchev–Trinajstić information content (AvgIpc) is 3.58.